The third kappa shape index (κ3) is 68.4. The third-order valence-corrected chi connectivity index (χ3v) is 16.5. The zero-order valence-electron chi connectivity index (χ0n) is 55.1. The molecule has 0 amide bonds. The topological polar surface area (TPSA) is 111 Å². The van der Waals surface area contributed by atoms with Gasteiger partial charge in [0.25, 0.3) is 7.82 Å². The molecule has 2 atom stereocenters. The van der Waals surface area contributed by atoms with Crippen LogP contribution in [-0.2, 0) is 32.7 Å². The van der Waals surface area contributed by atoms with Gasteiger partial charge in [-0.05, 0) is 64.2 Å². The predicted molar refractivity (Wildman–Crippen MR) is 356 cm³/mol. The molecule has 0 aromatic heterocycles. The number of nitrogens with zero attached hydrogens (tertiary/aromatic N) is 1. The number of likely N-dealkylation sites (N-methyl/N-ethyl adjacent to an activating group) is 1. The molecule has 0 aliphatic rings. The number of phosphoric ester groups is 1. The van der Waals surface area contributed by atoms with E-state index < -0.39 is 26.5 Å². The van der Waals surface area contributed by atoms with Gasteiger partial charge >= 0.3 is 11.9 Å². The minimum atomic E-state index is -4.64. The van der Waals surface area contributed by atoms with Crippen molar-refractivity contribution in [3.63, 3.8) is 0 Å². The minimum absolute atomic E-state index is 0.0307. The second kappa shape index (κ2) is 63.9. The molecule has 0 rings (SSSR count). The van der Waals surface area contributed by atoms with Crippen molar-refractivity contribution in [3.05, 3.63) is 72.9 Å². The van der Waals surface area contributed by atoms with Gasteiger partial charge in [-0.1, -0.05) is 324 Å². The lowest BCUT2D eigenvalue weighted by Crippen LogP contribution is -2.37. The summed E-state index contributed by atoms with van der Waals surface area (Å²) in [5, 5.41) is 0. The van der Waals surface area contributed by atoms with Crippen LogP contribution in [0.5, 0.6) is 0 Å². The minimum Gasteiger partial charge on any atom is -0.756 e. The first-order chi connectivity index (χ1) is 40.5. The van der Waals surface area contributed by atoms with E-state index in [1.807, 2.05) is 21.1 Å². The zero-order chi connectivity index (χ0) is 60.5. The average molecular weight is 1180 g/mol. The van der Waals surface area contributed by atoms with Crippen LogP contribution in [0.25, 0.3) is 0 Å². The van der Waals surface area contributed by atoms with Crippen molar-refractivity contribution in [1.82, 2.24) is 0 Å². The van der Waals surface area contributed by atoms with Gasteiger partial charge in [0.2, 0.25) is 0 Å². The van der Waals surface area contributed by atoms with E-state index in [-0.39, 0.29) is 32.0 Å². The zero-order valence-corrected chi connectivity index (χ0v) is 56.0. The Morgan fingerprint density at radius 2 is 0.687 bits per heavy atom. The fourth-order valence-electron chi connectivity index (χ4n) is 10.1. The number of hydrogen-bond donors (Lipinski definition) is 0. The molecule has 0 saturated heterocycles. The van der Waals surface area contributed by atoms with Crippen LogP contribution in [0.3, 0.4) is 0 Å². The van der Waals surface area contributed by atoms with Crippen LogP contribution in [0.15, 0.2) is 72.9 Å². The molecular weight excluding hydrogens is 1050 g/mol. The molecule has 0 aromatic carbocycles. The van der Waals surface area contributed by atoms with E-state index in [2.05, 4.69) is 86.8 Å². The van der Waals surface area contributed by atoms with Crippen molar-refractivity contribution >= 4 is 19.8 Å². The number of quaternary nitrogens is 1. The molecule has 9 nitrogen and oxygen atoms in total. The Bertz CT molecular complexity index is 1630. The van der Waals surface area contributed by atoms with Crippen LogP contribution in [0, 0.1) is 0 Å². The fraction of sp³-hybridized carbons (Fsp3) is 0.808. The SMILES string of the molecule is CC/C=C\C/C=C\C/C=C\C/C=C\C/C=C\C/C=C\CCCCCCCCCCCCCCCCC(=O)OC(COC(=O)CCCCCCCCCCCCCCCCCCCCCCCCCCCC)COP(=O)([O-])OCC[N+](C)(C)C. The molecule has 0 aliphatic heterocycles. The summed E-state index contributed by atoms with van der Waals surface area (Å²) >= 11 is 0. The average Bonchev–Trinajstić information content (AvgIpc) is 3.48. The van der Waals surface area contributed by atoms with Gasteiger partial charge < -0.3 is 27.9 Å². The van der Waals surface area contributed by atoms with Crippen LogP contribution in [-0.4, -0.2) is 70.0 Å². The molecule has 0 bridgehead atoms. The van der Waals surface area contributed by atoms with Gasteiger partial charge in [0.05, 0.1) is 27.7 Å². The lowest BCUT2D eigenvalue weighted by molar-refractivity contribution is -0.870. The molecule has 10 heteroatoms. The van der Waals surface area contributed by atoms with E-state index in [0.29, 0.717) is 17.4 Å². The summed E-state index contributed by atoms with van der Waals surface area (Å²) in [5.41, 5.74) is 0. The van der Waals surface area contributed by atoms with Gasteiger partial charge in [0, 0.05) is 12.8 Å². The highest BCUT2D eigenvalue weighted by molar-refractivity contribution is 7.45. The first-order valence-electron chi connectivity index (χ1n) is 35.1. The number of ether oxygens (including phenoxy) is 2. The molecular formula is C73H134NO8P. The summed E-state index contributed by atoms with van der Waals surface area (Å²) in [6, 6.07) is 0. The largest absolute Gasteiger partial charge is 0.756 e. The Hall–Kier alpha value is -2.55. The van der Waals surface area contributed by atoms with Gasteiger partial charge in [-0.3, -0.25) is 14.2 Å². The molecule has 484 valence electrons. The Kier molecular flexibility index (Phi) is 62.0. The standard InChI is InChI=1S/C73H134NO8P/c1-6-8-10-12-14-16-18-20-22-24-26-28-30-32-34-35-36-37-38-39-40-42-44-46-48-50-52-54-56-58-60-62-64-66-73(76)82-71(70-81-83(77,78)80-68-67-74(3,4)5)69-79-72(75)65-63-61-59-57-55-53-51-49-47-45-43-41-33-31-29-27-25-23-21-19-17-15-13-11-9-7-2/h8,10,14,16,20,22,26,28,32,34,36-37,71H,6-7,9,11-13,15,17-19,21,23-25,27,29-31,33,35,38-70H2,1-5H3/b10-8-,16-14-,22-20-,28-26-,34-32-,37-36-. The van der Waals surface area contributed by atoms with Gasteiger partial charge in [0.15, 0.2) is 6.10 Å². The van der Waals surface area contributed by atoms with E-state index in [4.69, 9.17) is 18.5 Å². The van der Waals surface area contributed by atoms with Gasteiger partial charge in [-0.2, -0.15) is 0 Å². The summed E-state index contributed by atoms with van der Waals surface area (Å²) in [4.78, 5) is 38.1. The van der Waals surface area contributed by atoms with E-state index >= 15 is 0 Å². The predicted octanol–water partition coefficient (Wildman–Crippen LogP) is 22.1. The fourth-order valence-corrected chi connectivity index (χ4v) is 10.9. The lowest BCUT2D eigenvalue weighted by Gasteiger charge is -2.28. The smallest absolute Gasteiger partial charge is 0.306 e. The number of phosphoric acid groups is 1. The van der Waals surface area contributed by atoms with Gasteiger partial charge in [-0.25, -0.2) is 0 Å². The quantitative estimate of drug-likeness (QED) is 0.0195. The summed E-state index contributed by atoms with van der Waals surface area (Å²) in [6.07, 6.45) is 85.5. The highest BCUT2D eigenvalue weighted by Gasteiger charge is 2.22. The molecule has 0 heterocycles. The number of hydrogen-bond acceptors (Lipinski definition) is 8. The molecule has 0 saturated carbocycles. The first kappa shape index (κ1) is 80.5. The first-order valence-corrected chi connectivity index (χ1v) is 36.6. The van der Waals surface area contributed by atoms with Crippen LogP contribution in [0.4, 0.5) is 0 Å². The van der Waals surface area contributed by atoms with Crippen molar-refractivity contribution in [2.75, 3.05) is 47.5 Å². The van der Waals surface area contributed by atoms with Crippen LogP contribution < -0.4 is 4.89 Å². The number of allylic oxidation sites excluding steroid dienone is 12. The molecule has 2 unspecified atom stereocenters. The highest BCUT2D eigenvalue weighted by Crippen LogP contribution is 2.38. The monoisotopic (exact) mass is 1180 g/mol. The molecule has 0 radical (unpaired) electrons. The van der Waals surface area contributed by atoms with E-state index in [0.717, 1.165) is 77.0 Å². The van der Waals surface area contributed by atoms with Crippen molar-refractivity contribution < 1.29 is 42.1 Å². The molecule has 0 spiro atoms. The normalized spacial score (nSPS) is 13.6. The maximum atomic E-state index is 12.9. The lowest BCUT2D eigenvalue weighted by atomic mass is 10.0. The maximum absolute atomic E-state index is 12.9. The summed E-state index contributed by atoms with van der Waals surface area (Å²) in [5.74, 6) is -0.819. The van der Waals surface area contributed by atoms with Crippen LogP contribution in [0.1, 0.15) is 328 Å². The molecule has 0 N–H and O–H groups in total. The van der Waals surface area contributed by atoms with Gasteiger partial charge in [0.1, 0.15) is 19.8 Å². The highest BCUT2D eigenvalue weighted by atomic mass is 31.2. The van der Waals surface area contributed by atoms with Crippen LogP contribution >= 0.6 is 7.82 Å². The molecule has 83 heavy (non-hydrogen) atoms. The summed E-state index contributed by atoms with van der Waals surface area (Å²) in [6.45, 7) is 4.18. The number of unbranched alkanes of at least 4 members (excludes halogenated alkanes) is 39. The number of rotatable bonds is 65. The van der Waals surface area contributed by atoms with E-state index in [9.17, 15) is 19.0 Å². The van der Waals surface area contributed by atoms with E-state index in [1.54, 1.807) is 0 Å². The second-order valence-electron chi connectivity index (χ2n) is 24.9. The Morgan fingerprint density at radius 3 is 1.02 bits per heavy atom. The Balaban J connectivity index is 4.03. The second-order valence-corrected chi connectivity index (χ2v) is 26.3. The molecule has 0 aromatic rings. The van der Waals surface area contributed by atoms with Crippen molar-refractivity contribution in [2.45, 2.75) is 335 Å². The van der Waals surface area contributed by atoms with Gasteiger partial charge in [-0.15, -0.1) is 0 Å². The summed E-state index contributed by atoms with van der Waals surface area (Å²) < 4.78 is 34.3. The maximum Gasteiger partial charge on any atom is 0.306 e. The number of carbonyl (C=O) groups is 2. The third-order valence-electron chi connectivity index (χ3n) is 15.5. The van der Waals surface area contributed by atoms with Crippen molar-refractivity contribution in [2.24, 2.45) is 0 Å². The summed E-state index contributed by atoms with van der Waals surface area (Å²) in [7, 11) is 1.18. The van der Waals surface area contributed by atoms with E-state index in [1.165, 1.54) is 218 Å². The van der Waals surface area contributed by atoms with Crippen LogP contribution in [0.2, 0.25) is 0 Å². The van der Waals surface area contributed by atoms with Crippen molar-refractivity contribution in [1.29, 1.82) is 0 Å². The Labute approximate surface area is 514 Å². The molecule has 0 fully saturated rings. The van der Waals surface area contributed by atoms with Crippen molar-refractivity contribution in [3.8, 4) is 0 Å². The Morgan fingerprint density at radius 1 is 0.386 bits per heavy atom. The number of esters is 2. The number of carbonyl (C=O) groups excluding carboxylic acids is 2. The molecule has 0 aliphatic carbocycles.